The van der Waals surface area contributed by atoms with E-state index in [2.05, 4.69) is 4.98 Å². The number of carboxylic acids is 1. The number of carboxylic acid groups (broad SMARTS) is 1. The molecule has 0 saturated heterocycles. The second-order valence-corrected chi connectivity index (χ2v) is 11.5. The normalized spacial score (nSPS) is 10.8. The van der Waals surface area contributed by atoms with Gasteiger partial charge in [0.25, 0.3) is 25.9 Å². The first-order chi connectivity index (χ1) is 20.3. The van der Waals surface area contributed by atoms with Crippen molar-refractivity contribution in [1.82, 2.24) is 4.98 Å². The smallest absolute Gasteiger partial charge is 0.336 e. The highest BCUT2D eigenvalue weighted by Crippen LogP contribution is 2.25. The van der Waals surface area contributed by atoms with Gasteiger partial charge in [0.2, 0.25) is 0 Å². The number of carbonyl (C=O) groups excluding carboxylic acids is 1. The van der Waals surface area contributed by atoms with Crippen LogP contribution >= 0.6 is 11.6 Å². The molecule has 19 heteroatoms. The van der Waals surface area contributed by atoms with Crippen molar-refractivity contribution >= 4 is 66.5 Å². The number of nitro groups is 1. The standard InChI is InChI=1S/C14H10ClNO3.C6H6N2O5S.C5H6N2O3S/c15-11-6-5-8(7-12(11)16)13(17)9-3-1-2-4-10(9)14(18)19;7-5-2-1-4(14(11,12)13)3-6(5)8(9)10;6-5-2-1-4(3-7-5)11(8,9)10/h1-7H,16H2,(H,18,19);1-3H,7H2,(H,11,12,13);1-3H,(H2,6,7)(H,8,9,10). The van der Waals surface area contributed by atoms with Gasteiger partial charge in [0.1, 0.15) is 21.3 Å². The van der Waals surface area contributed by atoms with E-state index >= 15 is 0 Å². The molecule has 9 N–H and O–H groups in total. The van der Waals surface area contributed by atoms with Crippen LogP contribution in [0.5, 0.6) is 0 Å². The number of hydrogen-bond donors (Lipinski definition) is 6. The van der Waals surface area contributed by atoms with Crippen molar-refractivity contribution in [2.75, 3.05) is 17.2 Å². The van der Waals surface area contributed by atoms with Crippen LogP contribution in [-0.4, -0.2) is 52.7 Å². The number of halogens is 1. The van der Waals surface area contributed by atoms with Gasteiger partial charge in [-0.3, -0.25) is 24.0 Å². The first-order valence-corrected chi connectivity index (χ1v) is 14.7. The molecule has 0 spiro atoms. The topological polar surface area (TPSA) is 297 Å². The van der Waals surface area contributed by atoms with E-state index in [0.717, 1.165) is 18.3 Å². The lowest BCUT2D eigenvalue weighted by Crippen LogP contribution is -2.09. The third-order valence-corrected chi connectivity index (χ3v) is 7.24. The van der Waals surface area contributed by atoms with E-state index < -0.39 is 47.5 Å². The summed E-state index contributed by atoms with van der Waals surface area (Å²) in [6.45, 7) is 0. The fraction of sp³-hybridized carbons (Fsp3) is 0. The van der Waals surface area contributed by atoms with Crippen molar-refractivity contribution < 1.29 is 45.6 Å². The van der Waals surface area contributed by atoms with E-state index in [0.29, 0.717) is 16.7 Å². The number of anilines is 3. The van der Waals surface area contributed by atoms with Gasteiger partial charge in [0.05, 0.1) is 27.4 Å². The Kier molecular flexibility index (Phi) is 11.4. The molecule has 3 aromatic carbocycles. The third kappa shape index (κ3) is 9.71. The fourth-order valence-electron chi connectivity index (χ4n) is 3.09. The average Bonchev–Trinajstić information content (AvgIpc) is 2.94. The van der Waals surface area contributed by atoms with E-state index in [1.807, 2.05) is 0 Å². The Hall–Kier alpha value is -5.14. The first kappa shape index (κ1) is 35.1. The van der Waals surface area contributed by atoms with Crippen molar-refractivity contribution in [3.8, 4) is 0 Å². The summed E-state index contributed by atoms with van der Waals surface area (Å²) in [5.74, 6) is -1.34. The Labute approximate surface area is 254 Å². The quantitative estimate of drug-likeness (QED) is 0.0565. The zero-order valence-electron chi connectivity index (χ0n) is 21.9. The summed E-state index contributed by atoms with van der Waals surface area (Å²) in [4.78, 5) is 35.5. The number of aromatic nitrogens is 1. The van der Waals surface area contributed by atoms with Gasteiger partial charge >= 0.3 is 5.97 Å². The van der Waals surface area contributed by atoms with Crippen LogP contribution in [0.25, 0.3) is 0 Å². The Morgan fingerprint density at radius 2 is 1.36 bits per heavy atom. The molecule has 4 rings (SSSR count). The Morgan fingerprint density at radius 1 is 0.795 bits per heavy atom. The largest absolute Gasteiger partial charge is 0.478 e. The van der Waals surface area contributed by atoms with Crippen LogP contribution in [0.15, 0.2) is 88.8 Å². The fourth-order valence-corrected chi connectivity index (χ4v) is 4.14. The molecule has 0 aliphatic heterocycles. The van der Waals surface area contributed by atoms with Gasteiger partial charge in [-0.25, -0.2) is 9.78 Å². The molecule has 232 valence electrons. The monoisotopic (exact) mass is 667 g/mol. The van der Waals surface area contributed by atoms with Gasteiger partial charge in [-0.15, -0.1) is 0 Å². The molecule has 0 amide bonds. The van der Waals surface area contributed by atoms with Gasteiger partial charge in [0.15, 0.2) is 5.78 Å². The highest BCUT2D eigenvalue weighted by molar-refractivity contribution is 7.86. The summed E-state index contributed by atoms with van der Waals surface area (Å²) in [5.41, 5.74) is 16.0. The van der Waals surface area contributed by atoms with Crippen molar-refractivity contribution in [2.45, 2.75) is 9.79 Å². The molecule has 0 fully saturated rings. The van der Waals surface area contributed by atoms with Crippen molar-refractivity contribution in [3.05, 3.63) is 111 Å². The number of nitrogens with two attached hydrogens (primary N) is 3. The van der Waals surface area contributed by atoms with Crippen LogP contribution in [0.1, 0.15) is 26.3 Å². The molecule has 4 aromatic rings. The second kappa shape index (κ2) is 14.4. The van der Waals surface area contributed by atoms with Gasteiger partial charge in [-0.05, 0) is 48.5 Å². The molecule has 0 saturated carbocycles. The molecular weight excluding hydrogens is 646 g/mol. The van der Waals surface area contributed by atoms with Crippen molar-refractivity contribution in [2.24, 2.45) is 0 Å². The van der Waals surface area contributed by atoms with Gasteiger partial charge in [0, 0.05) is 17.2 Å². The van der Waals surface area contributed by atoms with E-state index in [-0.39, 0.29) is 33.2 Å². The lowest BCUT2D eigenvalue weighted by atomic mass is 9.98. The molecule has 1 aromatic heterocycles. The molecule has 0 atom stereocenters. The van der Waals surface area contributed by atoms with Crippen LogP contribution in [0, 0.1) is 10.1 Å². The molecule has 16 nitrogen and oxygen atoms in total. The van der Waals surface area contributed by atoms with Crippen molar-refractivity contribution in [1.29, 1.82) is 0 Å². The summed E-state index contributed by atoms with van der Waals surface area (Å²) in [5, 5.41) is 19.8. The lowest BCUT2D eigenvalue weighted by molar-refractivity contribution is -0.384. The maximum Gasteiger partial charge on any atom is 0.336 e. The molecule has 1 heterocycles. The number of rotatable bonds is 6. The molecule has 44 heavy (non-hydrogen) atoms. The number of carbonyl (C=O) groups is 2. The SMILES string of the molecule is Nc1cc(C(=O)c2ccccc2C(=O)O)ccc1Cl.Nc1ccc(S(=O)(=O)O)cc1[N+](=O)[O-].Nc1ccc(S(=O)(=O)O)cn1. The minimum Gasteiger partial charge on any atom is -0.478 e. The van der Waals surface area contributed by atoms with Crippen LogP contribution in [0.2, 0.25) is 5.02 Å². The molecule has 0 aliphatic carbocycles. The third-order valence-electron chi connectivity index (χ3n) is 5.21. The van der Waals surface area contributed by atoms with Crippen LogP contribution < -0.4 is 17.2 Å². The average molecular weight is 668 g/mol. The summed E-state index contributed by atoms with van der Waals surface area (Å²) >= 11 is 5.78. The summed E-state index contributed by atoms with van der Waals surface area (Å²) < 4.78 is 59.1. The molecular formula is C25H22ClN5O11S2. The highest BCUT2D eigenvalue weighted by Gasteiger charge is 2.19. The number of hydrogen-bond acceptors (Lipinski definition) is 12. The summed E-state index contributed by atoms with van der Waals surface area (Å²) in [6.07, 6.45) is 0.991. The molecule has 0 bridgehead atoms. The van der Waals surface area contributed by atoms with Gasteiger partial charge in [-0.1, -0.05) is 29.8 Å². The summed E-state index contributed by atoms with van der Waals surface area (Å²) in [6, 6.07) is 15.7. The maximum atomic E-state index is 12.3. The zero-order valence-corrected chi connectivity index (χ0v) is 24.3. The van der Waals surface area contributed by atoms with E-state index in [1.54, 1.807) is 12.1 Å². The maximum absolute atomic E-state index is 12.3. The number of ketones is 1. The minimum atomic E-state index is -4.44. The van der Waals surface area contributed by atoms with Crippen LogP contribution in [0.3, 0.4) is 0 Å². The predicted octanol–water partition coefficient (Wildman–Crippen LogP) is 3.19. The van der Waals surface area contributed by atoms with Gasteiger partial charge < -0.3 is 22.3 Å². The predicted molar refractivity (Wildman–Crippen MR) is 158 cm³/mol. The minimum absolute atomic E-state index is 0.0407. The molecule has 0 unspecified atom stereocenters. The first-order valence-electron chi connectivity index (χ1n) is 11.5. The van der Waals surface area contributed by atoms with Gasteiger partial charge in [-0.2, -0.15) is 16.8 Å². The van der Waals surface area contributed by atoms with E-state index in [9.17, 15) is 36.5 Å². The number of nitro benzene ring substituents is 1. The Balaban J connectivity index is 0.000000240. The van der Waals surface area contributed by atoms with Crippen LogP contribution in [0.4, 0.5) is 22.9 Å². The zero-order chi connectivity index (χ0) is 33.4. The lowest BCUT2D eigenvalue weighted by Gasteiger charge is -2.06. The van der Waals surface area contributed by atoms with E-state index in [4.69, 9.17) is 43.0 Å². The van der Waals surface area contributed by atoms with Crippen LogP contribution in [-0.2, 0) is 20.2 Å². The Bertz CT molecular complexity index is 1940. The molecule has 0 aliphatic rings. The highest BCUT2D eigenvalue weighted by atomic mass is 35.5. The number of nitrogen functional groups attached to an aromatic ring is 3. The number of nitrogens with zero attached hydrogens (tertiary/aromatic N) is 2. The Morgan fingerprint density at radius 3 is 1.84 bits per heavy atom. The molecule has 0 radical (unpaired) electrons. The summed E-state index contributed by atoms with van der Waals surface area (Å²) in [7, 11) is -8.57. The number of benzene rings is 3. The second-order valence-electron chi connectivity index (χ2n) is 8.26. The van der Waals surface area contributed by atoms with E-state index in [1.165, 1.54) is 42.5 Å². The number of pyridine rings is 1. The van der Waals surface area contributed by atoms with Crippen molar-refractivity contribution in [3.63, 3.8) is 0 Å². The number of aromatic carboxylic acids is 1.